The average Bonchev–Trinajstić information content (AvgIpc) is 3.34. The van der Waals surface area contributed by atoms with Crippen molar-refractivity contribution in [3.63, 3.8) is 0 Å². The van der Waals surface area contributed by atoms with E-state index in [0.717, 1.165) is 12.8 Å². The van der Waals surface area contributed by atoms with Gasteiger partial charge in [0, 0.05) is 0 Å². The van der Waals surface area contributed by atoms with Crippen molar-refractivity contribution in [1.82, 2.24) is 29.4 Å². The summed E-state index contributed by atoms with van der Waals surface area (Å²) in [6.07, 6.45) is 5.18. The molecule has 3 N–H and O–H groups in total. The number of carbonyl (C=O) groups is 1. The van der Waals surface area contributed by atoms with Crippen molar-refractivity contribution >= 4 is 28.6 Å². The van der Waals surface area contributed by atoms with Gasteiger partial charge in [0.25, 0.3) is 0 Å². The van der Waals surface area contributed by atoms with Crippen LogP contribution in [0, 0.1) is 0 Å². The third kappa shape index (κ3) is 2.46. The van der Waals surface area contributed by atoms with E-state index in [-0.39, 0.29) is 5.95 Å². The highest BCUT2D eigenvalue weighted by molar-refractivity contribution is 5.91. The molecule has 1 unspecified atom stereocenters. The second-order valence-electron chi connectivity index (χ2n) is 5.94. The molecule has 0 aliphatic heterocycles. The highest BCUT2D eigenvalue weighted by Crippen LogP contribution is 2.26. The molecule has 0 bridgehead atoms. The van der Waals surface area contributed by atoms with Crippen LogP contribution in [-0.2, 0) is 4.79 Å². The molecule has 10 heteroatoms. The Hall–Kier alpha value is -3.43. The first-order valence-electron chi connectivity index (χ1n) is 8.26. The van der Waals surface area contributed by atoms with E-state index in [4.69, 9.17) is 10.2 Å². The Bertz CT molecular complexity index is 1080. The molecular formula is C16H17N7O3. The van der Waals surface area contributed by atoms with Crippen LogP contribution in [0.4, 0.5) is 5.95 Å². The number of furan rings is 1. The zero-order chi connectivity index (χ0) is 18.3. The number of anilines is 1. The summed E-state index contributed by atoms with van der Waals surface area (Å²) in [5, 5.41) is 18.7. The van der Waals surface area contributed by atoms with Crippen LogP contribution >= 0.6 is 0 Å². The maximum absolute atomic E-state index is 11.7. The van der Waals surface area contributed by atoms with Gasteiger partial charge in [-0.1, -0.05) is 19.8 Å². The number of nitrogens with two attached hydrogens (primary N) is 1. The van der Waals surface area contributed by atoms with E-state index in [1.165, 1.54) is 15.5 Å². The van der Waals surface area contributed by atoms with Crippen LogP contribution in [0.15, 0.2) is 29.0 Å². The van der Waals surface area contributed by atoms with Gasteiger partial charge in [0.2, 0.25) is 11.8 Å². The Labute approximate surface area is 147 Å². The molecule has 0 saturated carbocycles. The summed E-state index contributed by atoms with van der Waals surface area (Å²) in [4.78, 5) is 20.5. The maximum atomic E-state index is 11.7. The molecule has 0 fully saturated rings. The van der Waals surface area contributed by atoms with Crippen molar-refractivity contribution in [3.05, 3.63) is 24.6 Å². The molecule has 0 amide bonds. The van der Waals surface area contributed by atoms with Gasteiger partial charge < -0.3 is 15.3 Å². The molecule has 26 heavy (non-hydrogen) atoms. The number of hydrogen-bond acceptors (Lipinski definition) is 7. The van der Waals surface area contributed by atoms with Gasteiger partial charge in [-0.25, -0.2) is 14.5 Å². The van der Waals surface area contributed by atoms with Crippen molar-refractivity contribution in [1.29, 1.82) is 0 Å². The fourth-order valence-electron chi connectivity index (χ4n) is 2.91. The van der Waals surface area contributed by atoms with Crippen LogP contribution in [0.5, 0.6) is 0 Å². The summed E-state index contributed by atoms with van der Waals surface area (Å²) in [5.41, 5.74) is 6.84. The second-order valence-corrected chi connectivity index (χ2v) is 5.94. The lowest BCUT2D eigenvalue weighted by molar-refractivity contribution is -0.141. The smallest absolute Gasteiger partial charge is 0.328 e. The minimum absolute atomic E-state index is 0.0965. The van der Waals surface area contributed by atoms with Crippen LogP contribution in [0.1, 0.15) is 32.2 Å². The zero-order valence-corrected chi connectivity index (χ0v) is 14.0. The Morgan fingerprint density at radius 3 is 2.92 bits per heavy atom. The van der Waals surface area contributed by atoms with Crippen molar-refractivity contribution in [2.75, 3.05) is 5.73 Å². The number of carboxylic acids is 1. The first-order chi connectivity index (χ1) is 12.6. The molecule has 0 aliphatic rings. The van der Waals surface area contributed by atoms with E-state index in [1.54, 1.807) is 18.3 Å². The molecule has 1 atom stereocenters. The van der Waals surface area contributed by atoms with E-state index >= 15 is 0 Å². The van der Waals surface area contributed by atoms with Crippen LogP contribution in [0.2, 0.25) is 0 Å². The summed E-state index contributed by atoms with van der Waals surface area (Å²) in [6.45, 7) is 2.01. The van der Waals surface area contributed by atoms with E-state index in [9.17, 15) is 9.90 Å². The molecule has 10 nitrogen and oxygen atoms in total. The van der Waals surface area contributed by atoms with Gasteiger partial charge in [-0.15, -0.1) is 5.10 Å². The van der Waals surface area contributed by atoms with E-state index in [2.05, 4.69) is 20.2 Å². The molecule has 4 aromatic heterocycles. The number of nitrogen functional groups attached to an aromatic ring is 1. The number of rotatable bonds is 6. The van der Waals surface area contributed by atoms with Crippen molar-refractivity contribution in [3.8, 4) is 11.6 Å². The van der Waals surface area contributed by atoms with Gasteiger partial charge in [-0.05, 0) is 18.6 Å². The number of carboxylic acid groups (broad SMARTS) is 1. The lowest BCUT2D eigenvalue weighted by atomic mass is 10.1. The molecule has 0 aromatic carbocycles. The van der Waals surface area contributed by atoms with Gasteiger partial charge >= 0.3 is 5.97 Å². The molecule has 0 saturated heterocycles. The summed E-state index contributed by atoms with van der Waals surface area (Å²) in [7, 11) is 0. The highest BCUT2D eigenvalue weighted by Gasteiger charge is 2.25. The molecule has 4 rings (SSSR count). The second kappa shape index (κ2) is 6.14. The van der Waals surface area contributed by atoms with Crippen LogP contribution in [-0.4, -0.2) is 40.4 Å². The minimum atomic E-state index is -0.957. The average molecular weight is 355 g/mol. The van der Waals surface area contributed by atoms with Crippen molar-refractivity contribution in [2.45, 2.75) is 32.2 Å². The largest absolute Gasteiger partial charge is 0.480 e. The van der Waals surface area contributed by atoms with E-state index in [0.29, 0.717) is 34.7 Å². The molecule has 4 heterocycles. The highest BCUT2D eigenvalue weighted by atomic mass is 16.4. The summed E-state index contributed by atoms with van der Waals surface area (Å²) in [5.74, 6) is 0.00476. The number of fused-ring (bicyclic) bond motifs is 3. The SMILES string of the molecule is CCCCC(C(=O)O)n1ncc2c1nc(N)n1nc(-c3ccco3)nc21. The summed E-state index contributed by atoms with van der Waals surface area (Å²) in [6, 6.07) is 2.67. The number of nitrogens with zero attached hydrogens (tertiary/aromatic N) is 6. The van der Waals surface area contributed by atoms with E-state index in [1.807, 2.05) is 6.92 Å². The fraction of sp³-hybridized carbons (Fsp3) is 0.312. The topological polar surface area (TPSA) is 137 Å². The fourth-order valence-corrected chi connectivity index (χ4v) is 2.91. The molecule has 134 valence electrons. The number of aliphatic carboxylic acids is 1. The molecule has 0 spiro atoms. The van der Waals surface area contributed by atoms with Crippen LogP contribution < -0.4 is 5.73 Å². The van der Waals surface area contributed by atoms with Gasteiger partial charge in [-0.2, -0.15) is 14.6 Å². The van der Waals surface area contributed by atoms with Gasteiger partial charge in [-0.3, -0.25) is 0 Å². The Morgan fingerprint density at radius 1 is 1.38 bits per heavy atom. The molecule has 4 aromatic rings. The van der Waals surface area contributed by atoms with Crippen LogP contribution in [0.3, 0.4) is 0 Å². The lowest BCUT2D eigenvalue weighted by Gasteiger charge is -2.13. The third-order valence-corrected chi connectivity index (χ3v) is 4.21. The Balaban J connectivity index is 1.89. The van der Waals surface area contributed by atoms with Crippen molar-refractivity contribution in [2.24, 2.45) is 0 Å². The first kappa shape index (κ1) is 16.1. The summed E-state index contributed by atoms with van der Waals surface area (Å²) >= 11 is 0. The van der Waals surface area contributed by atoms with Crippen LogP contribution in [0.25, 0.3) is 28.3 Å². The quantitative estimate of drug-likeness (QED) is 0.536. The first-order valence-corrected chi connectivity index (χ1v) is 8.26. The number of hydrogen-bond donors (Lipinski definition) is 2. The Kier molecular flexibility index (Phi) is 3.79. The standard InChI is InChI=1S/C16H17N7O3/c1-2-3-5-10(15(24)25)22-14-9(8-18-22)13-19-12(11-6-4-7-26-11)21-23(13)16(17)20-14/h4,6-8,10H,2-3,5H2,1H3,(H2,17,20)(H,24,25). The lowest BCUT2D eigenvalue weighted by Crippen LogP contribution is -2.20. The number of unbranched alkanes of at least 4 members (excludes halogenated alkanes) is 1. The summed E-state index contributed by atoms with van der Waals surface area (Å²) < 4.78 is 8.11. The third-order valence-electron chi connectivity index (χ3n) is 4.21. The minimum Gasteiger partial charge on any atom is -0.480 e. The maximum Gasteiger partial charge on any atom is 0.328 e. The van der Waals surface area contributed by atoms with Crippen molar-refractivity contribution < 1.29 is 14.3 Å². The zero-order valence-electron chi connectivity index (χ0n) is 14.0. The van der Waals surface area contributed by atoms with Gasteiger partial charge in [0.05, 0.1) is 17.8 Å². The molecule has 0 aliphatic carbocycles. The van der Waals surface area contributed by atoms with Gasteiger partial charge in [0.15, 0.2) is 23.1 Å². The normalized spacial score (nSPS) is 12.8. The monoisotopic (exact) mass is 355 g/mol. The predicted molar refractivity (Wildman–Crippen MR) is 92.4 cm³/mol. The predicted octanol–water partition coefficient (Wildman–Crippen LogP) is 2.13. The van der Waals surface area contributed by atoms with Gasteiger partial charge in [0.1, 0.15) is 0 Å². The Morgan fingerprint density at radius 2 is 2.23 bits per heavy atom. The number of aromatic nitrogens is 6. The molecule has 0 radical (unpaired) electrons. The van der Waals surface area contributed by atoms with E-state index < -0.39 is 12.0 Å². The molecular weight excluding hydrogens is 338 g/mol.